The van der Waals surface area contributed by atoms with E-state index in [-0.39, 0.29) is 5.41 Å². The number of benzene rings is 9. The molecule has 5 heteroatoms. The maximum absolute atomic E-state index is 5.69. The van der Waals surface area contributed by atoms with E-state index < -0.39 is 0 Å². The Morgan fingerprint density at radius 2 is 1.08 bits per heavy atom. The Balaban J connectivity index is 1.06. The quantitative estimate of drug-likeness (QED) is 0.177. The number of fused-ring (bicyclic) bond motifs is 14. The van der Waals surface area contributed by atoms with Crippen LogP contribution in [0.15, 0.2) is 188 Å². The van der Waals surface area contributed by atoms with Crippen LogP contribution in [0.1, 0.15) is 25.0 Å². The predicted octanol–water partition coefficient (Wildman–Crippen LogP) is 16.8. The van der Waals surface area contributed by atoms with Gasteiger partial charge in [-0.1, -0.05) is 153 Å². The lowest BCUT2D eigenvalue weighted by atomic mass is 9.80. The lowest BCUT2D eigenvalue weighted by molar-refractivity contribution is 0.666. The maximum Gasteiger partial charge on any atom is 0.236 e. The van der Waals surface area contributed by atoms with Crippen molar-refractivity contribution < 1.29 is 0 Å². The zero-order chi connectivity index (χ0) is 42.3. The highest BCUT2D eigenvalue weighted by molar-refractivity contribution is 7.26. The summed E-state index contributed by atoms with van der Waals surface area (Å²) < 4.78 is 6.11. The molecule has 0 unspecified atom stereocenters. The van der Waals surface area contributed by atoms with Gasteiger partial charge >= 0.3 is 0 Å². The highest BCUT2D eigenvalue weighted by Gasteiger charge is 2.37. The molecule has 0 fully saturated rings. The van der Waals surface area contributed by atoms with Crippen molar-refractivity contribution in [3.8, 4) is 50.6 Å². The van der Waals surface area contributed by atoms with Gasteiger partial charge in [-0.15, -0.1) is 22.7 Å². The molecule has 0 radical (unpaired) electrons. The fraction of sp³-hybridized carbons (Fsp3) is 0.0508. The first-order valence-electron chi connectivity index (χ1n) is 21.9. The second-order valence-electron chi connectivity index (χ2n) is 17.7. The average Bonchev–Trinajstić information content (AvgIpc) is 4.06. The van der Waals surface area contributed by atoms with Crippen molar-refractivity contribution in [3.05, 3.63) is 199 Å². The van der Waals surface area contributed by atoms with Crippen LogP contribution in [0.4, 0.5) is 0 Å². The minimum Gasteiger partial charge on any atom is -0.278 e. The van der Waals surface area contributed by atoms with E-state index in [9.17, 15) is 0 Å². The molecule has 300 valence electrons. The third kappa shape index (κ3) is 5.14. The predicted molar refractivity (Wildman–Crippen MR) is 274 cm³/mol. The molecule has 14 rings (SSSR count). The molecule has 0 spiro atoms. The van der Waals surface area contributed by atoms with E-state index in [4.69, 9.17) is 9.97 Å². The molecule has 0 amide bonds. The number of thiophene rings is 2. The zero-order valence-electron chi connectivity index (χ0n) is 35.1. The molecule has 1 aliphatic rings. The van der Waals surface area contributed by atoms with Crippen LogP contribution < -0.4 is 0 Å². The molecule has 1 aliphatic carbocycles. The molecular formula is C59H37N3S2. The van der Waals surface area contributed by atoms with Crippen LogP contribution in [-0.4, -0.2) is 14.5 Å². The van der Waals surface area contributed by atoms with Gasteiger partial charge in [0.15, 0.2) is 0 Å². The van der Waals surface area contributed by atoms with Crippen molar-refractivity contribution in [1.29, 1.82) is 0 Å². The van der Waals surface area contributed by atoms with E-state index in [1.54, 1.807) is 11.3 Å². The number of nitrogens with zero attached hydrogens (tertiary/aromatic N) is 3. The molecule has 0 saturated heterocycles. The van der Waals surface area contributed by atoms with E-state index in [1.165, 1.54) is 96.3 Å². The van der Waals surface area contributed by atoms with Gasteiger partial charge in [0.25, 0.3) is 0 Å². The highest BCUT2D eigenvalue weighted by atomic mass is 32.1. The topological polar surface area (TPSA) is 30.7 Å². The summed E-state index contributed by atoms with van der Waals surface area (Å²) in [6.07, 6.45) is 0. The summed E-state index contributed by atoms with van der Waals surface area (Å²) >= 11 is 3.60. The summed E-state index contributed by atoms with van der Waals surface area (Å²) in [5.74, 6) is 0.680. The van der Waals surface area contributed by atoms with Crippen LogP contribution in [0.25, 0.3) is 124 Å². The van der Waals surface area contributed by atoms with Crippen molar-refractivity contribution in [3.63, 3.8) is 0 Å². The Morgan fingerprint density at radius 1 is 0.422 bits per heavy atom. The minimum atomic E-state index is -0.213. The van der Waals surface area contributed by atoms with Crippen LogP contribution in [0.5, 0.6) is 0 Å². The third-order valence-electron chi connectivity index (χ3n) is 13.8. The molecule has 9 aromatic carbocycles. The van der Waals surface area contributed by atoms with Gasteiger partial charge in [0, 0.05) is 57.4 Å². The second-order valence-corrected chi connectivity index (χ2v) is 19.8. The largest absolute Gasteiger partial charge is 0.278 e. The second kappa shape index (κ2) is 13.3. The van der Waals surface area contributed by atoms with Gasteiger partial charge in [0.1, 0.15) is 4.83 Å². The zero-order valence-corrected chi connectivity index (χ0v) is 36.7. The van der Waals surface area contributed by atoms with Crippen molar-refractivity contribution in [2.75, 3.05) is 0 Å². The van der Waals surface area contributed by atoms with Crippen molar-refractivity contribution >= 4 is 95.7 Å². The lowest BCUT2D eigenvalue weighted by Gasteiger charge is -2.23. The Kier molecular flexibility index (Phi) is 7.49. The number of aromatic nitrogens is 3. The number of hydrogen-bond donors (Lipinski definition) is 0. The van der Waals surface area contributed by atoms with Gasteiger partial charge in [-0.3, -0.25) is 4.57 Å². The van der Waals surface area contributed by atoms with Crippen LogP contribution in [-0.2, 0) is 5.41 Å². The molecule has 0 N–H and O–H groups in total. The van der Waals surface area contributed by atoms with Gasteiger partial charge in [-0.05, 0) is 104 Å². The van der Waals surface area contributed by atoms with E-state index >= 15 is 0 Å². The van der Waals surface area contributed by atoms with Crippen LogP contribution in [0.2, 0.25) is 0 Å². The summed E-state index contributed by atoms with van der Waals surface area (Å²) in [6.45, 7) is 4.78. The summed E-state index contributed by atoms with van der Waals surface area (Å²) in [5, 5.41) is 9.74. The Morgan fingerprint density at radius 3 is 1.88 bits per heavy atom. The summed E-state index contributed by atoms with van der Waals surface area (Å²) in [7, 11) is 0. The molecule has 3 nitrogen and oxygen atoms in total. The first-order chi connectivity index (χ1) is 31.5. The maximum atomic E-state index is 5.69. The molecule has 0 saturated carbocycles. The van der Waals surface area contributed by atoms with E-state index in [1.807, 2.05) is 11.3 Å². The summed E-state index contributed by atoms with van der Waals surface area (Å²) in [4.78, 5) is 12.2. The van der Waals surface area contributed by atoms with Gasteiger partial charge in [0.05, 0.1) is 16.7 Å². The van der Waals surface area contributed by atoms with E-state index in [0.29, 0.717) is 5.95 Å². The SMILES string of the molecule is CC1(C)c2ccc(-c3ccccc3)cc2-c2ccc3cc4c5cc(-c6ccccc6)ccc5n(-c5nc(-c6ccc7c(c6)sc6ccccc67)c6c(n5)sc5ccccc56)c4cc3c21. The van der Waals surface area contributed by atoms with Gasteiger partial charge in [0.2, 0.25) is 5.95 Å². The summed E-state index contributed by atoms with van der Waals surface area (Å²) in [6, 6.07) is 69.2. The highest BCUT2D eigenvalue weighted by Crippen LogP contribution is 2.53. The molecule has 64 heavy (non-hydrogen) atoms. The molecule has 0 bridgehead atoms. The first kappa shape index (κ1) is 36.1. The van der Waals surface area contributed by atoms with Crippen molar-refractivity contribution in [2.45, 2.75) is 19.3 Å². The molecule has 0 atom stereocenters. The fourth-order valence-corrected chi connectivity index (χ4v) is 13.0. The lowest BCUT2D eigenvalue weighted by Crippen LogP contribution is -2.15. The average molecular weight is 852 g/mol. The van der Waals surface area contributed by atoms with Crippen LogP contribution >= 0.6 is 22.7 Å². The Labute approximate surface area is 377 Å². The standard InChI is InChI=1S/C59H37N3S2/c1-59(2)48-27-23-36(34-13-5-3-6-14-34)29-45(48)42-26-21-38-31-47-46-30-37(35-15-7-4-8-16-35)24-28-49(46)62(50(47)33-44(38)55(42)59)58-60-56(54-43-18-10-12-20-52(43)64-57(54)61-58)39-22-25-41-40-17-9-11-19-51(40)63-53(41)32-39/h3-33H,1-2H3. The minimum absolute atomic E-state index is 0.213. The number of rotatable bonds is 4. The first-order valence-corrected chi connectivity index (χ1v) is 23.5. The van der Waals surface area contributed by atoms with Crippen molar-refractivity contribution in [2.24, 2.45) is 0 Å². The Hall–Kier alpha value is -7.44. The van der Waals surface area contributed by atoms with E-state index in [2.05, 4.69) is 206 Å². The molecule has 0 aliphatic heterocycles. The van der Waals surface area contributed by atoms with E-state index in [0.717, 1.165) is 32.5 Å². The monoisotopic (exact) mass is 851 g/mol. The molecular weight excluding hydrogens is 815 g/mol. The summed E-state index contributed by atoms with van der Waals surface area (Å²) in [5.41, 5.74) is 14.2. The molecule has 4 heterocycles. The molecule has 4 aromatic heterocycles. The van der Waals surface area contributed by atoms with Crippen LogP contribution in [0, 0.1) is 0 Å². The molecule has 13 aromatic rings. The van der Waals surface area contributed by atoms with Gasteiger partial charge < -0.3 is 0 Å². The van der Waals surface area contributed by atoms with Crippen LogP contribution in [0.3, 0.4) is 0 Å². The third-order valence-corrected chi connectivity index (χ3v) is 16.0. The van der Waals surface area contributed by atoms with Gasteiger partial charge in [-0.2, -0.15) is 0 Å². The normalized spacial score (nSPS) is 13.3. The van der Waals surface area contributed by atoms with Crippen molar-refractivity contribution in [1.82, 2.24) is 14.5 Å². The smallest absolute Gasteiger partial charge is 0.236 e. The Bertz CT molecular complexity index is 4100. The fourth-order valence-electron chi connectivity index (χ4n) is 10.8. The van der Waals surface area contributed by atoms with Gasteiger partial charge in [-0.25, -0.2) is 9.97 Å². The number of hydrogen-bond acceptors (Lipinski definition) is 4.